The third-order valence-electron chi connectivity index (χ3n) is 2.55. The highest BCUT2D eigenvalue weighted by Gasteiger charge is 2.20. The molecule has 0 bridgehead atoms. The van der Waals surface area contributed by atoms with Crippen LogP contribution in [0, 0.1) is 11.8 Å². The summed E-state index contributed by atoms with van der Waals surface area (Å²) in [4.78, 5) is 0. The Bertz CT molecular complexity index is 253. The van der Waals surface area contributed by atoms with Gasteiger partial charge >= 0.3 is 0 Å². The second-order valence-corrected chi connectivity index (χ2v) is 4.46. The SMILES string of the molecule is CC(C)C(c1cnn(C)c1)C(C)C. The largest absolute Gasteiger partial charge is 0.276 e. The van der Waals surface area contributed by atoms with Crippen molar-refractivity contribution in [3.63, 3.8) is 0 Å². The highest BCUT2D eigenvalue weighted by Crippen LogP contribution is 2.31. The summed E-state index contributed by atoms with van der Waals surface area (Å²) in [5.41, 5.74) is 1.37. The number of nitrogens with zero attached hydrogens (tertiary/aromatic N) is 2. The van der Waals surface area contributed by atoms with Gasteiger partial charge in [-0.25, -0.2) is 0 Å². The van der Waals surface area contributed by atoms with E-state index in [1.807, 2.05) is 17.9 Å². The number of hydrogen-bond acceptors (Lipinski definition) is 1. The highest BCUT2D eigenvalue weighted by molar-refractivity contribution is 5.12. The predicted molar refractivity (Wildman–Crippen MR) is 55.6 cm³/mol. The van der Waals surface area contributed by atoms with Gasteiger partial charge in [-0.2, -0.15) is 5.10 Å². The van der Waals surface area contributed by atoms with Crippen LogP contribution < -0.4 is 0 Å². The second kappa shape index (κ2) is 3.95. The fourth-order valence-corrected chi connectivity index (χ4v) is 2.15. The van der Waals surface area contributed by atoms with Crippen LogP contribution in [0.25, 0.3) is 0 Å². The van der Waals surface area contributed by atoms with E-state index in [-0.39, 0.29) is 0 Å². The molecule has 1 aromatic rings. The van der Waals surface area contributed by atoms with Crippen molar-refractivity contribution in [1.82, 2.24) is 9.78 Å². The van der Waals surface area contributed by atoms with Crippen molar-refractivity contribution in [1.29, 1.82) is 0 Å². The van der Waals surface area contributed by atoms with Gasteiger partial charge in [-0.05, 0) is 23.3 Å². The summed E-state index contributed by atoms with van der Waals surface area (Å²) in [5, 5.41) is 4.22. The first-order chi connectivity index (χ1) is 6.02. The van der Waals surface area contributed by atoms with Crippen molar-refractivity contribution >= 4 is 0 Å². The number of aromatic nitrogens is 2. The lowest BCUT2D eigenvalue weighted by atomic mass is 9.81. The third-order valence-corrected chi connectivity index (χ3v) is 2.55. The maximum atomic E-state index is 4.22. The zero-order valence-electron chi connectivity index (χ0n) is 9.28. The van der Waals surface area contributed by atoms with Gasteiger partial charge in [-0.15, -0.1) is 0 Å². The second-order valence-electron chi connectivity index (χ2n) is 4.46. The molecule has 0 fully saturated rings. The molecule has 0 atom stereocenters. The summed E-state index contributed by atoms with van der Waals surface area (Å²) in [7, 11) is 1.97. The Balaban J connectivity index is 2.88. The molecule has 0 saturated heterocycles. The zero-order chi connectivity index (χ0) is 10.0. The topological polar surface area (TPSA) is 17.8 Å². The van der Waals surface area contributed by atoms with E-state index in [1.165, 1.54) is 5.56 Å². The molecule has 0 spiro atoms. The van der Waals surface area contributed by atoms with Gasteiger partial charge in [0.2, 0.25) is 0 Å². The van der Waals surface area contributed by atoms with Crippen LogP contribution >= 0.6 is 0 Å². The minimum Gasteiger partial charge on any atom is -0.276 e. The average Bonchev–Trinajstić information content (AvgIpc) is 2.34. The fraction of sp³-hybridized carbons (Fsp3) is 0.727. The van der Waals surface area contributed by atoms with Crippen LogP contribution in [0.1, 0.15) is 39.2 Å². The summed E-state index contributed by atoms with van der Waals surface area (Å²) >= 11 is 0. The molecule has 0 saturated carbocycles. The zero-order valence-corrected chi connectivity index (χ0v) is 9.28. The molecular weight excluding hydrogens is 160 g/mol. The van der Waals surface area contributed by atoms with Crippen molar-refractivity contribution in [2.75, 3.05) is 0 Å². The van der Waals surface area contributed by atoms with E-state index in [0.29, 0.717) is 17.8 Å². The first kappa shape index (κ1) is 10.3. The smallest absolute Gasteiger partial charge is 0.0524 e. The van der Waals surface area contributed by atoms with Gasteiger partial charge in [0, 0.05) is 13.2 Å². The fourth-order valence-electron chi connectivity index (χ4n) is 2.15. The molecule has 1 aromatic heterocycles. The van der Waals surface area contributed by atoms with Crippen molar-refractivity contribution in [2.24, 2.45) is 18.9 Å². The third kappa shape index (κ3) is 2.33. The average molecular weight is 180 g/mol. The molecule has 0 radical (unpaired) electrons. The molecule has 1 heterocycles. The van der Waals surface area contributed by atoms with E-state index in [4.69, 9.17) is 0 Å². The molecule has 0 aliphatic rings. The molecule has 0 amide bonds. The molecule has 74 valence electrons. The maximum absolute atomic E-state index is 4.22. The van der Waals surface area contributed by atoms with Gasteiger partial charge in [-0.1, -0.05) is 27.7 Å². The Labute approximate surface area is 81.0 Å². The van der Waals surface area contributed by atoms with E-state index in [9.17, 15) is 0 Å². The van der Waals surface area contributed by atoms with E-state index in [2.05, 4.69) is 39.0 Å². The van der Waals surface area contributed by atoms with Gasteiger partial charge in [0.05, 0.1) is 6.20 Å². The van der Waals surface area contributed by atoms with Crippen molar-refractivity contribution < 1.29 is 0 Å². The maximum Gasteiger partial charge on any atom is 0.0524 e. The quantitative estimate of drug-likeness (QED) is 0.699. The van der Waals surface area contributed by atoms with E-state index >= 15 is 0 Å². The summed E-state index contributed by atoms with van der Waals surface area (Å²) in [6.45, 7) is 9.10. The number of aryl methyl sites for hydroxylation is 1. The van der Waals surface area contributed by atoms with Crippen LogP contribution in [-0.4, -0.2) is 9.78 Å². The van der Waals surface area contributed by atoms with Crippen molar-refractivity contribution in [3.05, 3.63) is 18.0 Å². The standard InChI is InChI=1S/C11H20N2/c1-8(2)11(9(3)4)10-6-12-13(5)7-10/h6-9,11H,1-5H3. The van der Waals surface area contributed by atoms with Crippen LogP contribution in [0.5, 0.6) is 0 Å². The molecule has 0 unspecified atom stereocenters. The first-order valence-corrected chi connectivity index (χ1v) is 5.01. The van der Waals surface area contributed by atoms with Gasteiger partial charge in [-0.3, -0.25) is 4.68 Å². The van der Waals surface area contributed by atoms with E-state index in [0.717, 1.165) is 0 Å². The van der Waals surface area contributed by atoms with Crippen LogP contribution in [0.15, 0.2) is 12.4 Å². The minimum atomic E-state index is 0.633. The first-order valence-electron chi connectivity index (χ1n) is 5.01. The summed E-state index contributed by atoms with van der Waals surface area (Å²) in [5.74, 6) is 2.00. The molecule has 0 aliphatic heterocycles. The normalized spacial score (nSPS) is 12.0. The molecule has 0 aliphatic carbocycles. The predicted octanol–water partition coefficient (Wildman–Crippen LogP) is 2.82. The van der Waals surface area contributed by atoms with Gasteiger partial charge in [0.1, 0.15) is 0 Å². The van der Waals surface area contributed by atoms with Crippen LogP contribution in [-0.2, 0) is 7.05 Å². The molecule has 2 heteroatoms. The Morgan fingerprint density at radius 1 is 1.15 bits per heavy atom. The lowest BCUT2D eigenvalue weighted by molar-refractivity contribution is 0.387. The minimum absolute atomic E-state index is 0.633. The number of hydrogen-bond donors (Lipinski definition) is 0. The lowest BCUT2D eigenvalue weighted by Gasteiger charge is -2.23. The number of rotatable bonds is 3. The molecule has 13 heavy (non-hydrogen) atoms. The van der Waals surface area contributed by atoms with Gasteiger partial charge in [0.25, 0.3) is 0 Å². The summed E-state index contributed by atoms with van der Waals surface area (Å²) in [6, 6.07) is 0. The Morgan fingerprint density at radius 2 is 1.69 bits per heavy atom. The van der Waals surface area contributed by atoms with Crippen molar-refractivity contribution in [3.8, 4) is 0 Å². The Kier molecular flexibility index (Phi) is 3.12. The monoisotopic (exact) mass is 180 g/mol. The molecule has 1 rings (SSSR count). The van der Waals surface area contributed by atoms with Gasteiger partial charge in [0.15, 0.2) is 0 Å². The lowest BCUT2D eigenvalue weighted by Crippen LogP contribution is -2.12. The van der Waals surface area contributed by atoms with Crippen molar-refractivity contribution in [2.45, 2.75) is 33.6 Å². The molecular formula is C11H20N2. The van der Waals surface area contributed by atoms with E-state index < -0.39 is 0 Å². The summed E-state index contributed by atoms with van der Waals surface area (Å²) < 4.78 is 1.88. The molecule has 0 N–H and O–H groups in total. The van der Waals surface area contributed by atoms with Crippen LogP contribution in [0.2, 0.25) is 0 Å². The summed E-state index contributed by atoms with van der Waals surface area (Å²) in [6.07, 6.45) is 4.12. The Hall–Kier alpha value is -0.790. The Morgan fingerprint density at radius 3 is 2.00 bits per heavy atom. The van der Waals surface area contributed by atoms with Crippen LogP contribution in [0.3, 0.4) is 0 Å². The molecule has 0 aromatic carbocycles. The highest BCUT2D eigenvalue weighted by atomic mass is 15.2. The van der Waals surface area contributed by atoms with Gasteiger partial charge < -0.3 is 0 Å². The molecule has 2 nitrogen and oxygen atoms in total. The van der Waals surface area contributed by atoms with E-state index in [1.54, 1.807) is 0 Å². The van der Waals surface area contributed by atoms with Crippen LogP contribution in [0.4, 0.5) is 0 Å².